The Morgan fingerprint density at radius 2 is 2.00 bits per heavy atom. The van der Waals surface area contributed by atoms with Crippen LogP contribution in [0.15, 0.2) is 40.9 Å². The highest BCUT2D eigenvalue weighted by atomic mass is 79.9. The molecule has 0 spiro atoms. The van der Waals surface area contributed by atoms with Gasteiger partial charge < -0.3 is 5.32 Å². The molecule has 0 saturated carbocycles. The van der Waals surface area contributed by atoms with Crippen molar-refractivity contribution in [2.45, 2.75) is 19.9 Å². The van der Waals surface area contributed by atoms with Crippen LogP contribution >= 0.6 is 27.5 Å². The highest BCUT2D eigenvalue weighted by Gasteiger charge is 2.10. The first-order chi connectivity index (χ1) is 8.99. The summed E-state index contributed by atoms with van der Waals surface area (Å²) in [5, 5.41) is 3.52. The summed E-state index contributed by atoms with van der Waals surface area (Å²) in [6, 6.07) is 10.8. The Hall–Kier alpha value is -1.06. The molecule has 0 saturated heterocycles. The molecule has 1 unspecified atom stereocenters. The molecule has 1 nitrogen and oxygen atoms in total. The third-order valence-electron chi connectivity index (χ3n) is 3.08. The summed E-state index contributed by atoms with van der Waals surface area (Å²) in [6.07, 6.45) is 0. The van der Waals surface area contributed by atoms with Crippen LogP contribution < -0.4 is 5.32 Å². The van der Waals surface area contributed by atoms with Crippen molar-refractivity contribution >= 4 is 33.2 Å². The fourth-order valence-corrected chi connectivity index (χ4v) is 2.35. The van der Waals surface area contributed by atoms with Gasteiger partial charge in [-0.3, -0.25) is 0 Å². The quantitative estimate of drug-likeness (QED) is 0.752. The van der Waals surface area contributed by atoms with E-state index in [0.29, 0.717) is 0 Å². The first kappa shape index (κ1) is 14.4. The van der Waals surface area contributed by atoms with Crippen molar-refractivity contribution in [3.05, 3.63) is 62.8 Å². The van der Waals surface area contributed by atoms with Crippen molar-refractivity contribution in [2.75, 3.05) is 5.32 Å². The predicted octanol–water partition coefficient (Wildman–Crippen LogP) is 5.72. The van der Waals surface area contributed by atoms with E-state index in [1.54, 1.807) is 6.07 Å². The maximum atomic E-state index is 13.5. The Balaban J connectivity index is 2.23. The molecule has 0 aliphatic carbocycles. The Bertz CT molecular complexity index is 601. The molecule has 0 heterocycles. The maximum Gasteiger partial charge on any atom is 0.142 e. The van der Waals surface area contributed by atoms with Gasteiger partial charge in [0.2, 0.25) is 0 Å². The van der Waals surface area contributed by atoms with Crippen molar-refractivity contribution in [2.24, 2.45) is 0 Å². The maximum absolute atomic E-state index is 13.5. The molecule has 0 aliphatic rings. The predicted molar refractivity (Wildman–Crippen MR) is 82.3 cm³/mol. The van der Waals surface area contributed by atoms with E-state index >= 15 is 0 Å². The smallest absolute Gasteiger partial charge is 0.142 e. The number of rotatable bonds is 3. The first-order valence-corrected chi connectivity index (χ1v) is 7.12. The van der Waals surface area contributed by atoms with Crippen LogP contribution in [-0.2, 0) is 0 Å². The van der Waals surface area contributed by atoms with Crippen LogP contribution in [-0.4, -0.2) is 0 Å². The summed E-state index contributed by atoms with van der Waals surface area (Å²) in [5.74, 6) is -0.390. The van der Waals surface area contributed by atoms with E-state index in [9.17, 15) is 4.39 Å². The highest BCUT2D eigenvalue weighted by Crippen LogP contribution is 2.28. The third kappa shape index (κ3) is 3.28. The first-order valence-electron chi connectivity index (χ1n) is 5.95. The van der Waals surface area contributed by atoms with Crippen molar-refractivity contribution < 1.29 is 4.39 Å². The Morgan fingerprint density at radius 3 is 2.68 bits per heavy atom. The number of halogens is 3. The lowest BCUT2D eigenvalue weighted by molar-refractivity contribution is 0.624. The Kier molecular flexibility index (Phi) is 4.48. The van der Waals surface area contributed by atoms with Crippen molar-refractivity contribution in [1.29, 1.82) is 0 Å². The van der Waals surface area contributed by atoms with Crippen LogP contribution in [0.1, 0.15) is 24.1 Å². The molecule has 1 atom stereocenters. The van der Waals surface area contributed by atoms with Crippen LogP contribution in [0.25, 0.3) is 0 Å². The zero-order valence-corrected chi connectivity index (χ0v) is 13.0. The average molecular weight is 343 g/mol. The standard InChI is InChI=1S/C15H14BrClFN/c1-9-12(16)4-3-5-15(9)19-10(2)11-6-7-13(17)14(18)8-11/h3-8,10,19H,1-2H3. The van der Waals surface area contributed by atoms with Gasteiger partial charge in [-0.1, -0.05) is 39.7 Å². The van der Waals surface area contributed by atoms with Gasteiger partial charge >= 0.3 is 0 Å². The average Bonchev–Trinajstić information content (AvgIpc) is 2.38. The molecule has 4 heteroatoms. The Labute approximate surface area is 125 Å². The number of hydrogen-bond acceptors (Lipinski definition) is 1. The van der Waals surface area contributed by atoms with E-state index in [-0.39, 0.29) is 11.1 Å². The summed E-state index contributed by atoms with van der Waals surface area (Å²) in [7, 11) is 0. The molecule has 2 rings (SSSR count). The molecule has 0 aromatic heterocycles. The SMILES string of the molecule is Cc1c(Br)cccc1NC(C)c1ccc(Cl)c(F)c1. The second-order valence-electron chi connectivity index (χ2n) is 4.45. The summed E-state index contributed by atoms with van der Waals surface area (Å²) >= 11 is 9.19. The molecule has 0 aliphatic heterocycles. The van der Waals surface area contributed by atoms with Gasteiger partial charge in [-0.15, -0.1) is 0 Å². The summed E-state index contributed by atoms with van der Waals surface area (Å²) in [6.45, 7) is 4.02. The Morgan fingerprint density at radius 1 is 1.26 bits per heavy atom. The van der Waals surface area contributed by atoms with E-state index in [2.05, 4.69) is 21.2 Å². The van der Waals surface area contributed by atoms with Gasteiger partial charge in [0.05, 0.1) is 5.02 Å². The summed E-state index contributed by atoms with van der Waals surface area (Å²) < 4.78 is 14.5. The molecule has 1 N–H and O–H groups in total. The van der Waals surface area contributed by atoms with Gasteiger partial charge in [-0.25, -0.2) is 4.39 Å². The molecule has 19 heavy (non-hydrogen) atoms. The van der Waals surface area contributed by atoms with Gasteiger partial charge in [0.25, 0.3) is 0 Å². The van der Waals surface area contributed by atoms with Crippen LogP contribution in [0.4, 0.5) is 10.1 Å². The molecule has 100 valence electrons. The lowest BCUT2D eigenvalue weighted by atomic mass is 10.1. The largest absolute Gasteiger partial charge is 0.378 e. The fraction of sp³-hybridized carbons (Fsp3) is 0.200. The minimum atomic E-state index is -0.390. The highest BCUT2D eigenvalue weighted by molar-refractivity contribution is 9.10. The van der Waals surface area contributed by atoms with Gasteiger partial charge in [0, 0.05) is 16.2 Å². The van der Waals surface area contributed by atoms with Gasteiger partial charge in [-0.05, 0) is 49.2 Å². The van der Waals surface area contributed by atoms with E-state index in [4.69, 9.17) is 11.6 Å². The lowest BCUT2D eigenvalue weighted by Crippen LogP contribution is -2.08. The summed E-state index contributed by atoms with van der Waals surface area (Å²) in [5.41, 5.74) is 3.02. The normalized spacial score (nSPS) is 12.3. The molecule has 0 bridgehead atoms. The molecule has 2 aromatic rings. The van der Waals surface area contributed by atoms with E-state index in [0.717, 1.165) is 21.3 Å². The minimum absolute atomic E-state index is 0.000216. The zero-order valence-electron chi connectivity index (χ0n) is 10.7. The second kappa shape index (κ2) is 5.93. The van der Waals surface area contributed by atoms with Gasteiger partial charge in [0.1, 0.15) is 5.82 Å². The summed E-state index contributed by atoms with van der Waals surface area (Å²) in [4.78, 5) is 0. The van der Waals surface area contributed by atoms with Crippen LogP contribution in [0.3, 0.4) is 0 Å². The molecule has 0 fully saturated rings. The van der Waals surface area contributed by atoms with Crippen LogP contribution in [0.5, 0.6) is 0 Å². The number of benzene rings is 2. The van der Waals surface area contributed by atoms with E-state index < -0.39 is 5.82 Å². The van der Waals surface area contributed by atoms with Crippen LogP contribution in [0, 0.1) is 12.7 Å². The topological polar surface area (TPSA) is 12.0 Å². The van der Waals surface area contributed by atoms with E-state index in [1.807, 2.05) is 38.1 Å². The minimum Gasteiger partial charge on any atom is -0.378 e. The zero-order chi connectivity index (χ0) is 14.0. The van der Waals surface area contributed by atoms with Crippen molar-refractivity contribution in [3.63, 3.8) is 0 Å². The molecule has 0 radical (unpaired) electrons. The van der Waals surface area contributed by atoms with Crippen molar-refractivity contribution in [1.82, 2.24) is 0 Å². The molecule has 2 aromatic carbocycles. The fourth-order valence-electron chi connectivity index (χ4n) is 1.86. The van der Waals surface area contributed by atoms with Gasteiger partial charge in [-0.2, -0.15) is 0 Å². The van der Waals surface area contributed by atoms with E-state index in [1.165, 1.54) is 6.07 Å². The van der Waals surface area contributed by atoms with Gasteiger partial charge in [0.15, 0.2) is 0 Å². The monoisotopic (exact) mass is 341 g/mol. The molecular formula is C15H14BrClFN. The van der Waals surface area contributed by atoms with Crippen molar-refractivity contribution in [3.8, 4) is 0 Å². The third-order valence-corrected chi connectivity index (χ3v) is 4.25. The number of hydrogen-bond donors (Lipinski definition) is 1. The second-order valence-corrected chi connectivity index (χ2v) is 5.71. The number of nitrogens with one attached hydrogen (secondary N) is 1. The van der Waals surface area contributed by atoms with Crippen LogP contribution in [0.2, 0.25) is 5.02 Å². The number of anilines is 1. The lowest BCUT2D eigenvalue weighted by Gasteiger charge is -2.18. The molecular weight excluding hydrogens is 329 g/mol. The molecule has 0 amide bonds.